The highest BCUT2D eigenvalue weighted by Crippen LogP contribution is 2.32. The molecule has 1 aliphatic rings. The molecule has 0 saturated carbocycles. The fourth-order valence-electron chi connectivity index (χ4n) is 4.38. The van der Waals surface area contributed by atoms with Crippen molar-refractivity contribution in [2.75, 3.05) is 61.8 Å². The van der Waals surface area contributed by atoms with Crippen molar-refractivity contribution in [1.29, 1.82) is 0 Å². The second-order valence-electron chi connectivity index (χ2n) is 9.37. The molecule has 42 heavy (non-hydrogen) atoms. The van der Waals surface area contributed by atoms with Crippen LogP contribution in [0.1, 0.15) is 20.1 Å². The van der Waals surface area contributed by atoms with Crippen molar-refractivity contribution >= 4 is 61.5 Å². The molecule has 3 amide bonds. The number of thiophene rings is 1. The smallest absolute Gasteiger partial charge is 0.395 e. The van der Waals surface area contributed by atoms with E-state index in [1.54, 1.807) is 12.3 Å². The van der Waals surface area contributed by atoms with Gasteiger partial charge in [0.05, 0.1) is 27.3 Å². The largest absolute Gasteiger partial charge is 0.416 e. The highest BCUT2D eigenvalue weighted by Gasteiger charge is 2.30. The van der Waals surface area contributed by atoms with E-state index in [1.807, 2.05) is 4.90 Å². The van der Waals surface area contributed by atoms with Crippen LogP contribution in [0.5, 0.6) is 0 Å². The average Bonchev–Trinajstić information content (AvgIpc) is 3.60. The highest BCUT2D eigenvalue weighted by molar-refractivity contribution is 7.21. The summed E-state index contributed by atoms with van der Waals surface area (Å²) in [7, 11) is 0. The third-order valence-electron chi connectivity index (χ3n) is 6.48. The van der Waals surface area contributed by atoms with Crippen LogP contribution < -0.4 is 16.0 Å². The Morgan fingerprint density at radius 2 is 1.83 bits per heavy atom. The Bertz CT molecular complexity index is 1550. The van der Waals surface area contributed by atoms with Crippen LogP contribution >= 0.6 is 22.7 Å². The second-order valence-corrected chi connectivity index (χ2v) is 11.5. The van der Waals surface area contributed by atoms with Crippen LogP contribution in [0.3, 0.4) is 0 Å². The number of benzene rings is 1. The normalized spacial score (nSPS) is 14.2. The Balaban J connectivity index is 1.13. The van der Waals surface area contributed by atoms with Gasteiger partial charge < -0.3 is 20.6 Å². The van der Waals surface area contributed by atoms with Gasteiger partial charge in [0.25, 0.3) is 5.91 Å². The van der Waals surface area contributed by atoms with Gasteiger partial charge in [0.2, 0.25) is 0 Å². The summed E-state index contributed by atoms with van der Waals surface area (Å²) in [5.74, 6) is 0.564. The lowest BCUT2D eigenvalue weighted by Gasteiger charge is -2.34. The number of nitrogens with zero attached hydrogens (tertiary/aromatic N) is 5. The molecule has 5 rings (SSSR count). The van der Waals surface area contributed by atoms with Gasteiger partial charge in [-0.25, -0.2) is 19.7 Å². The van der Waals surface area contributed by atoms with Crippen LogP contribution in [0.25, 0.3) is 10.2 Å². The molecule has 1 aliphatic heterocycles. The first-order chi connectivity index (χ1) is 20.2. The molecule has 0 spiro atoms. The number of aliphatic hydroxyl groups is 1. The standard InChI is InChI=1S/C26H27F3N8O3S2/c27-26(28,29)16-2-1-3-17(12-16)34-24(40)35-25-31-14-18(41-25)4-5-30-22-21-19(32-15-33-22)13-20(42-21)23(39)37-8-6-36(7-9-37)10-11-38/h1-3,12-15,38H,4-11H2,(H,30,32,33)(H2,31,34,35,40). The molecule has 1 aromatic carbocycles. The number of piperazine rings is 1. The van der Waals surface area contributed by atoms with Crippen molar-refractivity contribution in [3.05, 3.63) is 58.2 Å². The average molecular weight is 621 g/mol. The maximum absolute atomic E-state index is 13.1. The molecule has 0 atom stereocenters. The molecular weight excluding hydrogens is 593 g/mol. The maximum Gasteiger partial charge on any atom is 0.416 e. The summed E-state index contributed by atoms with van der Waals surface area (Å²) in [4.78, 5) is 43.6. The molecule has 1 saturated heterocycles. The molecule has 0 radical (unpaired) electrons. The number of aromatic nitrogens is 3. The second kappa shape index (κ2) is 13.0. The minimum Gasteiger partial charge on any atom is -0.395 e. The monoisotopic (exact) mass is 620 g/mol. The summed E-state index contributed by atoms with van der Waals surface area (Å²) in [6.45, 7) is 3.85. The van der Waals surface area contributed by atoms with Crippen molar-refractivity contribution in [1.82, 2.24) is 24.8 Å². The lowest BCUT2D eigenvalue weighted by Crippen LogP contribution is -2.49. The Labute approximate surface area is 246 Å². The fraction of sp³-hybridized carbons (Fsp3) is 0.346. The first-order valence-corrected chi connectivity index (χ1v) is 14.6. The number of carbonyl (C=O) groups is 2. The number of aliphatic hydroxyl groups excluding tert-OH is 1. The van der Waals surface area contributed by atoms with Crippen LogP contribution in [0, 0.1) is 0 Å². The number of fused-ring (bicyclic) bond motifs is 1. The molecule has 0 bridgehead atoms. The molecule has 4 aromatic rings. The van der Waals surface area contributed by atoms with E-state index in [4.69, 9.17) is 5.11 Å². The van der Waals surface area contributed by atoms with Gasteiger partial charge in [0.15, 0.2) is 5.13 Å². The molecule has 4 heterocycles. The molecule has 11 nitrogen and oxygen atoms in total. The van der Waals surface area contributed by atoms with E-state index < -0.39 is 17.8 Å². The van der Waals surface area contributed by atoms with E-state index >= 15 is 0 Å². The highest BCUT2D eigenvalue weighted by atomic mass is 32.1. The number of carbonyl (C=O) groups excluding carboxylic acids is 2. The lowest BCUT2D eigenvalue weighted by atomic mass is 10.2. The SMILES string of the molecule is O=C(Nc1cccc(C(F)(F)F)c1)Nc1ncc(CCNc2ncnc3cc(C(=O)N4CCN(CCO)CC4)sc23)s1. The van der Waals surface area contributed by atoms with E-state index in [0.717, 1.165) is 34.8 Å². The molecule has 1 fully saturated rings. The molecule has 222 valence electrons. The van der Waals surface area contributed by atoms with Gasteiger partial charge in [0.1, 0.15) is 12.1 Å². The number of halogens is 3. The Morgan fingerprint density at radius 3 is 2.60 bits per heavy atom. The van der Waals surface area contributed by atoms with Crippen molar-refractivity contribution < 1.29 is 27.9 Å². The number of anilines is 3. The van der Waals surface area contributed by atoms with Gasteiger partial charge in [0, 0.05) is 62.5 Å². The molecule has 0 aliphatic carbocycles. The lowest BCUT2D eigenvalue weighted by molar-refractivity contribution is -0.137. The van der Waals surface area contributed by atoms with E-state index in [-0.39, 0.29) is 18.2 Å². The Hall–Kier alpha value is -3.86. The van der Waals surface area contributed by atoms with Gasteiger partial charge in [-0.05, 0) is 24.3 Å². The Kier molecular flexibility index (Phi) is 9.15. The summed E-state index contributed by atoms with van der Waals surface area (Å²) in [5.41, 5.74) is -0.168. The van der Waals surface area contributed by atoms with E-state index in [2.05, 4.69) is 35.8 Å². The minimum atomic E-state index is -4.51. The van der Waals surface area contributed by atoms with Crippen LogP contribution in [0.4, 0.5) is 34.6 Å². The number of thiazole rings is 1. The van der Waals surface area contributed by atoms with Gasteiger partial charge >= 0.3 is 12.2 Å². The summed E-state index contributed by atoms with van der Waals surface area (Å²) < 4.78 is 39.5. The number of amides is 3. The van der Waals surface area contributed by atoms with Gasteiger partial charge in [-0.3, -0.25) is 15.0 Å². The van der Waals surface area contributed by atoms with Crippen molar-refractivity contribution in [2.24, 2.45) is 0 Å². The predicted octanol–water partition coefficient (Wildman–Crippen LogP) is 4.22. The first kappa shape index (κ1) is 29.6. The number of β-amino-alcohol motifs (C(OH)–C–C–N with tert-alkyl or cyclic N) is 1. The topological polar surface area (TPSA) is 136 Å². The van der Waals surface area contributed by atoms with Crippen LogP contribution in [0.15, 0.2) is 42.9 Å². The van der Waals surface area contributed by atoms with E-state index in [0.29, 0.717) is 53.9 Å². The quantitative estimate of drug-likeness (QED) is 0.219. The summed E-state index contributed by atoms with van der Waals surface area (Å²) >= 11 is 2.58. The van der Waals surface area contributed by atoms with E-state index in [9.17, 15) is 22.8 Å². The fourth-order valence-corrected chi connectivity index (χ4v) is 6.23. The first-order valence-electron chi connectivity index (χ1n) is 13.0. The molecule has 0 unspecified atom stereocenters. The van der Waals surface area contributed by atoms with Crippen LogP contribution in [-0.2, 0) is 12.6 Å². The van der Waals surface area contributed by atoms with Gasteiger partial charge in [-0.15, -0.1) is 22.7 Å². The number of alkyl halides is 3. The third-order valence-corrected chi connectivity index (χ3v) is 8.57. The molecule has 3 aromatic heterocycles. The number of hydrogen-bond donors (Lipinski definition) is 4. The van der Waals surface area contributed by atoms with Crippen molar-refractivity contribution in [2.45, 2.75) is 12.6 Å². The number of rotatable bonds is 9. The Morgan fingerprint density at radius 1 is 1.02 bits per heavy atom. The number of nitrogens with one attached hydrogen (secondary N) is 3. The number of urea groups is 1. The predicted molar refractivity (Wildman–Crippen MR) is 155 cm³/mol. The zero-order valence-electron chi connectivity index (χ0n) is 22.1. The summed E-state index contributed by atoms with van der Waals surface area (Å²) in [6.07, 6.45) is -0.888. The van der Waals surface area contributed by atoms with Gasteiger partial charge in [-0.1, -0.05) is 6.07 Å². The van der Waals surface area contributed by atoms with Crippen LogP contribution in [0.2, 0.25) is 0 Å². The van der Waals surface area contributed by atoms with Gasteiger partial charge in [-0.2, -0.15) is 13.2 Å². The third kappa shape index (κ3) is 7.31. The summed E-state index contributed by atoms with van der Waals surface area (Å²) in [6, 6.07) is 5.45. The zero-order chi connectivity index (χ0) is 29.7. The molecular formula is C26H27F3N8O3S2. The minimum absolute atomic E-state index is 0.0125. The van der Waals surface area contributed by atoms with Crippen LogP contribution in [-0.4, -0.2) is 87.7 Å². The van der Waals surface area contributed by atoms with E-state index in [1.165, 1.54) is 41.1 Å². The zero-order valence-corrected chi connectivity index (χ0v) is 23.8. The number of hydrogen-bond acceptors (Lipinski definition) is 10. The molecule has 16 heteroatoms. The molecule has 4 N–H and O–H groups in total. The van der Waals surface area contributed by atoms with Crippen molar-refractivity contribution in [3.8, 4) is 0 Å². The summed E-state index contributed by atoms with van der Waals surface area (Å²) in [5, 5.41) is 17.6. The van der Waals surface area contributed by atoms with Crippen molar-refractivity contribution in [3.63, 3.8) is 0 Å². The maximum atomic E-state index is 13.1.